The van der Waals surface area contributed by atoms with Gasteiger partial charge in [0.05, 0.1) is 18.2 Å². The van der Waals surface area contributed by atoms with Crippen LogP contribution in [-0.2, 0) is 16.1 Å². The lowest BCUT2D eigenvalue weighted by atomic mass is 10.0. The molecule has 0 bridgehead atoms. The van der Waals surface area contributed by atoms with E-state index in [0.29, 0.717) is 31.0 Å². The van der Waals surface area contributed by atoms with E-state index in [4.69, 9.17) is 4.74 Å². The van der Waals surface area contributed by atoms with Crippen LogP contribution in [0.4, 0.5) is 10.5 Å². The molecule has 1 atom stereocenters. The number of hydrogen-bond acceptors (Lipinski definition) is 5. The van der Waals surface area contributed by atoms with Gasteiger partial charge in [-0.1, -0.05) is 12.1 Å². The van der Waals surface area contributed by atoms with E-state index in [2.05, 4.69) is 44.7 Å². The third-order valence-corrected chi connectivity index (χ3v) is 4.20. The van der Waals surface area contributed by atoms with Gasteiger partial charge in [-0.05, 0) is 38.6 Å². The predicted molar refractivity (Wildman–Crippen MR) is 102 cm³/mol. The average Bonchev–Trinajstić information content (AvgIpc) is 2.54. The zero-order valence-corrected chi connectivity index (χ0v) is 16.1. The summed E-state index contributed by atoms with van der Waals surface area (Å²) in [5.74, 6) is -0.397. The van der Waals surface area contributed by atoms with Crippen molar-refractivity contribution in [1.82, 2.24) is 15.5 Å². The van der Waals surface area contributed by atoms with Gasteiger partial charge in [-0.2, -0.15) is 0 Å². The monoisotopic (exact) mass is 360 g/mol. The van der Waals surface area contributed by atoms with Gasteiger partial charge in [0.15, 0.2) is 0 Å². The number of esters is 1. The maximum absolute atomic E-state index is 12.3. The van der Waals surface area contributed by atoms with Crippen molar-refractivity contribution in [3.63, 3.8) is 0 Å². The second-order valence-electron chi connectivity index (χ2n) is 6.67. The van der Waals surface area contributed by atoms with Crippen LogP contribution in [0.5, 0.6) is 0 Å². The minimum absolute atomic E-state index is 0.296. The molecule has 1 aromatic rings. The molecule has 0 fully saturated rings. The van der Waals surface area contributed by atoms with E-state index in [1.165, 1.54) is 0 Å². The molecule has 142 valence electrons. The Kier molecular flexibility index (Phi) is 6.63. The van der Waals surface area contributed by atoms with Gasteiger partial charge in [-0.25, -0.2) is 9.59 Å². The summed E-state index contributed by atoms with van der Waals surface area (Å²) in [6, 6.07) is 7.61. The SMILES string of the molecule is CCOC(=O)C1=C(CN(C)Cc2ccc(N(C)C)cc2)NC(=O)N[C@@H]1C. The molecule has 7 heteroatoms. The molecule has 1 heterocycles. The maximum atomic E-state index is 12.3. The normalized spacial score (nSPS) is 17.0. The van der Waals surface area contributed by atoms with Crippen molar-refractivity contribution in [2.24, 2.45) is 0 Å². The summed E-state index contributed by atoms with van der Waals surface area (Å²) in [5, 5.41) is 5.46. The van der Waals surface area contributed by atoms with Crippen LogP contribution in [0.25, 0.3) is 0 Å². The fourth-order valence-electron chi connectivity index (χ4n) is 2.94. The lowest BCUT2D eigenvalue weighted by molar-refractivity contribution is -0.139. The molecule has 0 saturated carbocycles. The van der Waals surface area contributed by atoms with Gasteiger partial charge in [0.25, 0.3) is 0 Å². The Balaban J connectivity index is 2.12. The van der Waals surface area contributed by atoms with Gasteiger partial charge in [-0.3, -0.25) is 4.90 Å². The zero-order valence-electron chi connectivity index (χ0n) is 16.1. The minimum Gasteiger partial charge on any atom is -0.463 e. The highest BCUT2D eigenvalue weighted by molar-refractivity contribution is 5.94. The number of urea groups is 1. The fourth-order valence-corrected chi connectivity index (χ4v) is 2.94. The molecule has 1 aromatic carbocycles. The zero-order chi connectivity index (χ0) is 19.3. The molecule has 0 aliphatic carbocycles. The molecule has 0 radical (unpaired) electrons. The number of hydrogen-bond donors (Lipinski definition) is 2. The molecule has 26 heavy (non-hydrogen) atoms. The summed E-state index contributed by atoms with van der Waals surface area (Å²) in [6.45, 7) is 4.99. The number of ether oxygens (including phenoxy) is 1. The standard InChI is InChI=1S/C19H28N4O3/c1-6-26-18(24)17-13(2)20-19(25)21-16(17)12-23(5)11-14-7-9-15(10-8-14)22(3)4/h7-10,13H,6,11-12H2,1-5H3,(H2,20,21,25)/t13-/m1/s1. The molecule has 0 spiro atoms. The Bertz CT molecular complexity index is 683. The molecule has 2 amide bonds. The quantitative estimate of drug-likeness (QED) is 0.724. The molecular formula is C19H28N4O3. The largest absolute Gasteiger partial charge is 0.463 e. The maximum Gasteiger partial charge on any atom is 0.337 e. The van der Waals surface area contributed by atoms with Crippen LogP contribution < -0.4 is 15.5 Å². The minimum atomic E-state index is -0.397. The topological polar surface area (TPSA) is 73.9 Å². The smallest absolute Gasteiger partial charge is 0.337 e. The summed E-state index contributed by atoms with van der Waals surface area (Å²) < 4.78 is 5.14. The third kappa shape index (κ3) is 4.98. The lowest BCUT2D eigenvalue weighted by Crippen LogP contribution is -2.51. The number of anilines is 1. The summed E-state index contributed by atoms with van der Waals surface area (Å²) in [6.07, 6.45) is 0. The Morgan fingerprint density at radius 1 is 1.15 bits per heavy atom. The Hall–Kier alpha value is -2.54. The van der Waals surface area contributed by atoms with E-state index >= 15 is 0 Å². The van der Waals surface area contributed by atoms with Crippen LogP contribution in [0, 0.1) is 0 Å². The number of carbonyl (C=O) groups excluding carboxylic acids is 2. The van der Waals surface area contributed by atoms with Crippen LogP contribution in [0.1, 0.15) is 19.4 Å². The first kappa shape index (κ1) is 19.8. The van der Waals surface area contributed by atoms with Crippen LogP contribution in [0.2, 0.25) is 0 Å². The van der Waals surface area contributed by atoms with E-state index in [-0.39, 0.29) is 12.1 Å². The fraction of sp³-hybridized carbons (Fsp3) is 0.474. The number of likely N-dealkylation sites (N-methyl/N-ethyl adjacent to an activating group) is 1. The predicted octanol–water partition coefficient (Wildman–Crippen LogP) is 1.70. The summed E-state index contributed by atoms with van der Waals surface area (Å²) in [4.78, 5) is 28.2. The highest BCUT2D eigenvalue weighted by atomic mass is 16.5. The molecule has 2 N–H and O–H groups in total. The first-order valence-electron chi connectivity index (χ1n) is 8.74. The number of amides is 2. The first-order chi connectivity index (χ1) is 12.3. The summed E-state index contributed by atoms with van der Waals surface area (Å²) >= 11 is 0. The van der Waals surface area contributed by atoms with Crippen LogP contribution >= 0.6 is 0 Å². The highest BCUT2D eigenvalue weighted by Crippen LogP contribution is 2.17. The van der Waals surface area contributed by atoms with Crippen molar-refractivity contribution in [3.8, 4) is 0 Å². The molecular weight excluding hydrogens is 332 g/mol. The van der Waals surface area contributed by atoms with Crippen molar-refractivity contribution >= 4 is 17.7 Å². The molecule has 1 aliphatic heterocycles. The van der Waals surface area contributed by atoms with Gasteiger partial charge >= 0.3 is 12.0 Å². The number of nitrogens with one attached hydrogen (secondary N) is 2. The number of nitrogens with zero attached hydrogens (tertiary/aromatic N) is 2. The second-order valence-corrected chi connectivity index (χ2v) is 6.67. The van der Waals surface area contributed by atoms with Crippen molar-refractivity contribution in [2.45, 2.75) is 26.4 Å². The highest BCUT2D eigenvalue weighted by Gasteiger charge is 2.30. The molecule has 2 rings (SSSR count). The number of benzene rings is 1. The van der Waals surface area contributed by atoms with Gasteiger partial charge in [0, 0.05) is 38.6 Å². The van der Waals surface area contributed by atoms with Crippen LogP contribution in [0.15, 0.2) is 35.5 Å². The van der Waals surface area contributed by atoms with Gasteiger partial charge in [0.1, 0.15) is 0 Å². The van der Waals surface area contributed by atoms with Crippen LogP contribution in [-0.4, -0.2) is 57.2 Å². The first-order valence-corrected chi connectivity index (χ1v) is 8.74. The van der Waals surface area contributed by atoms with Crippen molar-refractivity contribution in [1.29, 1.82) is 0 Å². The average molecular weight is 360 g/mol. The van der Waals surface area contributed by atoms with Crippen molar-refractivity contribution < 1.29 is 14.3 Å². The van der Waals surface area contributed by atoms with E-state index in [9.17, 15) is 9.59 Å². The number of rotatable bonds is 7. The summed E-state index contributed by atoms with van der Waals surface area (Å²) in [5.41, 5.74) is 3.36. The Morgan fingerprint density at radius 3 is 2.38 bits per heavy atom. The Morgan fingerprint density at radius 2 is 1.81 bits per heavy atom. The van der Waals surface area contributed by atoms with Gasteiger partial charge in [0.2, 0.25) is 0 Å². The molecule has 7 nitrogen and oxygen atoms in total. The van der Waals surface area contributed by atoms with Gasteiger partial charge < -0.3 is 20.3 Å². The lowest BCUT2D eigenvalue weighted by Gasteiger charge is -2.29. The molecule has 0 aromatic heterocycles. The number of carbonyl (C=O) groups is 2. The van der Waals surface area contributed by atoms with E-state index in [1.807, 2.05) is 21.1 Å². The molecule has 0 unspecified atom stereocenters. The van der Waals surface area contributed by atoms with Gasteiger partial charge in [-0.15, -0.1) is 0 Å². The second kappa shape index (κ2) is 8.71. The van der Waals surface area contributed by atoms with Crippen molar-refractivity contribution in [3.05, 3.63) is 41.1 Å². The molecule has 0 saturated heterocycles. The molecule has 1 aliphatic rings. The van der Waals surface area contributed by atoms with Crippen LogP contribution in [0.3, 0.4) is 0 Å². The van der Waals surface area contributed by atoms with E-state index in [0.717, 1.165) is 11.3 Å². The third-order valence-electron chi connectivity index (χ3n) is 4.20. The summed E-state index contributed by atoms with van der Waals surface area (Å²) in [7, 11) is 5.96. The van der Waals surface area contributed by atoms with Crippen molar-refractivity contribution in [2.75, 3.05) is 39.2 Å². The van der Waals surface area contributed by atoms with E-state index < -0.39 is 5.97 Å². The van der Waals surface area contributed by atoms with E-state index in [1.54, 1.807) is 13.8 Å². The Labute approximate surface area is 155 Å².